The Hall–Kier alpha value is -2.40. The number of nitrogens with zero attached hydrogens (tertiary/aromatic N) is 1. The number of nitrogens with two attached hydrogens (primary N) is 1. The molecule has 2 rings (SSSR count). The molecule has 0 heterocycles. The van der Waals surface area contributed by atoms with Crippen molar-refractivity contribution >= 4 is 5.69 Å². The number of benzene rings is 2. The summed E-state index contributed by atoms with van der Waals surface area (Å²) in [5.74, 6) is 0.768. The van der Waals surface area contributed by atoms with Crippen LogP contribution >= 0.6 is 0 Å². The van der Waals surface area contributed by atoms with E-state index in [-0.39, 0.29) is 11.4 Å². The van der Waals surface area contributed by atoms with E-state index in [0.29, 0.717) is 12.3 Å². The largest absolute Gasteiger partial charge is 0.450 e. The van der Waals surface area contributed by atoms with E-state index < -0.39 is 4.92 Å². The van der Waals surface area contributed by atoms with E-state index in [2.05, 4.69) is 0 Å². The number of rotatable bonds is 4. The van der Waals surface area contributed by atoms with Crippen LogP contribution in [0.2, 0.25) is 0 Å². The summed E-state index contributed by atoms with van der Waals surface area (Å²) >= 11 is 0. The van der Waals surface area contributed by atoms with E-state index in [9.17, 15) is 10.1 Å². The molecule has 0 aliphatic heterocycles. The molecular formula is C15H16N2O3. The van der Waals surface area contributed by atoms with Gasteiger partial charge in [-0.2, -0.15) is 0 Å². The van der Waals surface area contributed by atoms with E-state index in [1.54, 1.807) is 25.1 Å². The minimum absolute atomic E-state index is 0.0476. The van der Waals surface area contributed by atoms with E-state index in [0.717, 1.165) is 16.7 Å². The lowest BCUT2D eigenvalue weighted by molar-refractivity contribution is -0.385. The summed E-state index contributed by atoms with van der Waals surface area (Å²) in [4.78, 5) is 10.6. The molecule has 5 heteroatoms. The first-order valence-corrected chi connectivity index (χ1v) is 6.23. The molecule has 0 spiro atoms. The number of hydrogen-bond donors (Lipinski definition) is 1. The van der Waals surface area contributed by atoms with Crippen LogP contribution in [0.1, 0.15) is 16.7 Å². The van der Waals surface area contributed by atoms with Gasteiger partial charge >= 0.3 is 5.69 Å². The second-order valence-corrected chi connectivity index (χ2v) is 4.65. The van der Waals surface area contributed by atoms with Gasteiger partial charge in [0, 0.05) is 18.2 Å². The second kappa shape index (κ2) is 5.71. The molecule has 2 N–H and O–H groups in total. The molecule has 0 aliphatic rings. The third kappa shape index (κ3) is 2.95. The van der Waals surface area contributed by atoms with Crippen molar-refractivity contribution in [2.75, 3.05) is 0 Å². The van der Waals surface area contributed by atoms with Crippen molar-refractivity contribution in [1.82, 2.24) is 0 Å². The molecule has 0 aliphatic carbocycles. The Bertz CT molecular complexity index is 654. The summed E-state index contributed by atoms with van der Waals surface area (Å²) in [7, 11) is 0. The van der Waals surface area contributed by atoms with E-state index in [4.69, 9.17) is 10.5 Å². The molecule has 0 saturated heterocycles. The summed E-state index contributed by atoms with van der Waals surface area (Å²) < 4.78 is 5.68. The molecule has 0 atom stereocenters. The average molecular weight is 272 g/mol. The lowest BCUT2D eigenvalue weighted by Crippen LogP contribution is -2.01. The van der Waals surface area contributed by atoms with Gasteiger partial charge in [-0.1, -0.05) is 23.8 Å². The highest BCUT2D eigenvalue weighted by Gasteiger charge is 2.16. The predicted molar refractivity (Wildman–Crippen MR) is 77.0 cm³/mol. The first-order valence-electron chi connectivity index (χ1n) is 6.23. The molecular weight excluding hydrogens is 256 g/mol. The van der Waals surface area contributed by atoms with Crippen molar-refractivity contribution in [3.63, 3.8) is 0 Å². The third-order valence-electron chi connectivity index (χ3n) is 2.97. The molecule has 0 amide bonds. The summed E-state index contributed by atoms with van der Waals surface area (Å²) in [6, 6.07) is 10.4. The maximum atomic E-state index is 11.1. The van der Waals surface area contributed by atoms with Crippen molar-refractivity contribution in [2.45, 2.75) is 20.4 Å². The second-order valence-electron chi connectivity index (χ2n) is 4.65. The topological polar surface area (TPSA) is 78.4 Å². The Morgan fingerprint density at radius 2 is 1.70 bits per heavy atom. The van der Waals surface area contributed by atoms with Crippen LogP contribution < -0.4 is 10.5 Å². The zero-order valence-corrected chi connectivity index (χ0v) is 11.4. The molecule has 0 radical (unpaired) electrons. The van der Waals surface area contributed by atoms with Crippen LogP contribution in [0.3, 0.4) is 0 Å². The van der Waals surface area contributed by atoms with Crippen LogP contribution in [0.15, 0.2) is 36.4 Å². The summed E-state index contributed by atoms with van der Waals surface area (Å²) in [6.45, 7) is 4.07. The summed E-state index contributed by atoms with van der Waals surface area (Å²) in [6.07, 6.45) is 0. The van der Waals surface area contributed by atoms with Gasteiger partial charge in [0.1, 0.15) is 5.75 Å². The van der Waals surface area contributed by atoms with Gasteiger partial charge in [0.15, 0.2) is 0 Å². The summed E-state index contributed by atoms with van der Waals surface area (Å²) in [5, 5.41) is 11.1. The highest BCUT2D eigenvalue weighted by molar-refractivity contribution is 5.51. The number of aryl methyl sites for hydroxylation is 2. The highest BCUT2D eigenvalue weighted by atomic mass is 16.6. The van der Waals surface area contributed by atoms with Gasteiger partial charge in [-0.25, -0.2) is 0 Å². The van der Waals surface area contributed by atoms with Gasteiger partial charge in [0.05, 0.1) is 4.92 Å². The first kappa shape index (κ1) is 14.0. The van der Waals surface area contributed by atoms with Gasteiger partial charge in [0.25, 0.3) is 0 Å². The molecule has 0 fully saturated rings. The van der Waals surface area contributed by atoms with Crippen LogP contribution in [0.5, 0.6) is 11.5 Å². The zero-order chi connectivity index (χ0) is 14.7. The minimum atomic E-state index is -0.446. The van der Waals surface area contributed by atoms with E-state index in [1.165, 1.54) is 6.07 Å². The van der Waals surface area contributed by atoms with Gasteiger partial charge < -0.3 is 10.5 Å². The first-order chi connectivity index (χ1) is 9.51. The molecule has 0 aromatic heterocycles. The Morgan fingerprint density at radius 1 is 1.10 bits per heavy atom. The molecule has 2 aromatic rings. The monoisotopic (exact) mass is 272 g/mol. The number of ether oxygens (including phenoxy) is 1. The molecule has 0 bridgehead atoms. The number of nitro benzene ring substituents is 1. The Balaban J connectivity index is 2.42. The van der Waals surface area contributed by atoms with Crippen LogP contribution in [0.4, 0.5) is 5.69 Å². The van der Waals surface area contributed by atoms with Crippen molar-refractivity contribution in [3.8, 4) is 11.5 Å². The molecule has 0 unspecified atom stereocenters. The van der Waals surface area contributed by atoms with Crippen molar-refractivity contribution in [3.05, 3.63) is 63.2 Å². The Labute approximate surface area is 117 Å². The van der Waals surface area contributed by atoms with Crippen molar-refractivity contribution < 1.29 is 9.66 Å². The maximum Gasteiger partial charge on any atom is 0.311 e. The molecule has 104 valence electrons. The third-order valence-corrected chi connectivity index (χ3v) is 2.97. The van der Waals surface area contributed by atoms with Crippen molar-refractivity contribution in [2.24, 2.45) is 5.73 Å². The van der Waals surface area contributed by atoms with Gasteiger partial charge in [-0.05, 0) is 31.5 Å². The zero-order valence-electron chi connectivity index (χ0n) is 11.4. The van der Waals surface area contributed by atoms with E-state index >= 15 is 0 Å². The lowest BCUT2D eigenvalue weighted by Gasteiger charge is -2.11. The molecule has 0 saturated carbocycles. The van der Waals surface area contributed by atoms with Gasteiger partial charge in [-0.3, -0.25) is 10.1 Å². The quantitative estimate of drug-likeness (QED) is 0.682. The maximum absolute atomic E-state index is 11.1. The fourth-order valence-electron chi connectivity index (χ4n) is 1.94. The normalized spacial score (nSPS) is 10.3. The van der Waals surface area contributed by atoms with Crippen LogP contribution in [-0.2, 0) is 6.54 Å². The van der Waals surface area contributed by atoms with Crippen LogP contribution in [-0.4, -0.2) is 4.92 Å². The SMILES string of the molecule is Cc1ccc(Oc2ccc(C)cc2[N+](=O)[O-])c(CN)c1. The van der Waals surface area contributed by atoms with Crippen LogP contribution in [0, 0.1) is 24.0 Å². The summed E-state index contributed by atoms with van der Waals surface area (Å²) in [5.41, 5.74) is 8.33. The van der Waals surface area contributed by atoms with E-state index in [1.807, 2.05) is 19.1 Å². The van der Waals surface area contributed by atoms with Crippen LogP contribution in [0.25, 0.3) is 0 Å². The van der Waals surface area contributed by atoms with Gasteiger partial charge in [-0.15, -0.1) is 0 Å². The Morgan fingerprint density at radius 3 is 2.30 bits per heavy atom. The molecule has 5 nitrogen and oxygen atoms in total. The van der Waals surface area contributed by atoms with Gasteiger partial charge in [0.2, 0.25) is 5.75 Å². The fourth-order valence-corrected chi connectivity index (χ4v) is 1.94. The smallest absolute Gasteiger partial charge is 0.311 e. The van der Waals surface area contributed by atoms with Crippen molar-refractivity contribution in [1.29, 1.82) is 0 Å². The predicted octanol–water partition coefficient (Wildman–Crippen LogP) is 3.46. The minimum Gasteiger partial charge on any atom is -0.450 e. The lowest BCUT2D eigenvalue weighted by atomic mass is 10.1. The Kier molecular flexibility index (Phi) is 4.00. The molecule has 2 aromatic carbocycles. The standard InChI is InChI=1S/C15H16N2O3/c1-10-3-5-14(12(7-10)9-16)20-15-6-4-11(2)8-13(15)17(18)19/h3-8H,9,16H2,1-2H3. The number of hydrogen-bond acceptors (Lipinski definition) is 4. The fraction of sp³-hybridized carbons (Fsp3) is 0.200. The average Bonchev–Trinajstić information content (AvgIpc) is 2.42. The molecule has 20 heavy (non-hydrogen) atoms. The number of nitro groups is 1. The highest BCUT2D eigenvalue weighted by Crippen LogP contribution is 2.33.